The Morgan fingerprint density at radius 3 is 3.33 bits per heavy atom. The number of nitrogens with one attached hydrogen (secondary N) is 1. The highest BCUT2D eigenvalue weighted by molar-refractivity contribution is 5.78. The van der Waals surface area contributed by atoms with Crippen molar-refractivity contribution in [1.82, 2.24) is 5.32 Å². The van der Waals surface area contributed by atoms with Crippen LogP contribution in [0.3, 0.4) is 0 Å². The summed E-state index contributed by atoms with van der Waals surface area (Å²) in [6.45, 7) is 0. The number of allylic oxidation sites excluding steroid dienone is 2. The molecule has 0 unspecified atom stereocenters. The Hall–Kier alpha value is -1.38. The summed E-state index contributed by atoms with van der Waals surface area (Å²) in [5.41, 5.74) is 0.566. The van der Waals surface area contributed by atoms with Crippen LogP contribution < -0.4 is 5.32 Å². The van der Waals surface area contributed by atoms with E-state index in [0.29, 0.717) is 5.57 Å². The van der Waals surface area contributed by atoms with Gasteiger partial charge in [0.1, 0.15) is 0 Å². The topological polar surface area (TPSA) is 41.5 Å². The minimum absolute atomic E-state index is 0.566. The van der Waals surface area contributed by atoms with Crippen LogP contribution in [0.5, 0.6) is 0 Å². The Morgan fingerprint density at radius 2 is 2.56 bits per heavy atom. The molecule has 9 heavy (non-hydrogen) atoms. The molecule has 0 spiro atoms. The first-order valence-electron chi connectivity index (χ1n) is 2.53. The van der Waals surface area contributed by atoms with Crippen LogP contribution in [-0.2, 0) is 4.79 Å². The van der Waals surface area contributed by atoms with E-state index in [2.05, 4.69) is 10.3 Å². The van der Waals surface area contributed by atoms with Gasteiger partial charge in [0.05, 0.1) is 6.34 Å². The van der Waals surface area contributed by atoms with E-state index < -0.39 is 0 Å². The van der Waals surface area contributed by atoms with Gasteiger partial charge in [-0.3, -0.25) is 4.79 Å². The molecule has 0 amide bonds. The number of aliphatic imine (C=N–C) groups is 1. The van der Waals surface area contributed by atoms with Crippen molar-refractivity contribution in [3.63, 3.8) is 0 Å². The second-order valence-corrected chi connectivity index (χ2v) is 1.53. The number of nitrogens with zero attached hydrogens (tertiary/aromatic N) is 1. The van der Waals surface area contributed by atoms with E-state index in [1.165, 1.54) is 12.5 Å². The van der Waals surface area contributed by atoms with Crippen LogP contribution in [0.4, 0.5) is 0 Å². The quantitative estimate of drug-likeness (QED) is 0.505. The van der Waals surface area contributed by atoms with Gasteiger partial charge in [0.25, 0.3) is 0 Å². The van der Waals surface area contributed by atoms with Gasteiger partial charge < -0.3 is 5.32 Å². The summed E-state index contributed by atoms with van der Waals surface area (Å²) in [5.74, 6) is 0. The van der Waals surface area contributed by atoms with E-state index in [-0.39, 0.29) is 0 Å². The number of carbonyl (C=O) groups excluding carboxylic acids is 1. The highest BCUT2D eigenvalue weighted by Crippen LogP contribution is 1.92. The molecule has 0 saturated heterocycles. The Bertz CT molecular complexity index is 191. The van der Waals surface area contributed by atoms with Crippen molar-refractivity contribution in [2.75, 3.05) is 0 Å². The third kappa shape index (κ3) is 1.53. The van der Waals surface area contributed by atoms with Gasteiger partial charge >= 0.3 is 0 Å². The number of hydrogen-bond donors (Lipinski definition) is 1. The van der Waals surface area contributed by atoms with E-state index >= 15 is 0 Å². The molecule has 0 aromatic heterocycles. The molecular formula is C6H6N2O. The number of carbonyl (C=O) groups is 1. The van der Waals surface area contributed by atoms with E-state index in [1.807, 2.05) is 0 Å². The maximum atomic E-state index is 10.1. The molecule has 0 bridgehead atoms. The molecule has 0 aromatic carbocycles. The molecule has 0 fully saturated rings. The van der Waals surface area contributed by atoms with Crippen molar-refractivity contribution in [2.24, 2.45) is 4.99 Å². The smallest absolute Gasteiger partial charge is 0.151 e. The average Bonchev–Trinajstić information content (AvgIpc) is 2.13. The van der Waals surface area contributed by atoms with Gasteiger partial charge in [0, 0.05) is 18.0 Å². The van der Waals surface area contributed by atoms with Gasteiger partial charge in [-0.05, 0) is 6.08 Å². The van der Waals surface area contributed by atoms with Crippen LogP contribution in [0.2, 0.25) is 0 Å². The van der Waals surface area contributed by atoms with E-state index in [0.717, 1.165) is 6.29 Å². The zero-order chi connectivity index (χ0) is 6.53. The zero-order valence-electron chi connectivity index (χ0n) is 4.74. The summed E-state index contributed by atoms with van der Waals surface area (Å²) in [4.78, 5) is 13.8. The minimum Gasteiger partial charge on any atom is -0.353 e. The largest absolute Gasteiger partial charge is 0.353 e. The monoisotopic (exact) mass is 122 g/mol. The van der Waals surface area contributed by atoms with E-state index in [9.17, 15) is 4.79 Å². The van der Waals surface area contributed by atoms with Crippen molar-refractivity contribution < 1.29 is 4.79 Å². The summed E-state index contributed by atoms with van der Waals surface area (Å²) in [6.07, 6.45) is 7.05. The molecule has 1 N–H and O–H groups in total. The molecule has 1 aliphatic heterocycles. The molecule has 3 heteroatoms. The Kier molecular flexibility index (Phi) is 1.80. The molecule has 0 aromatic rings. The van der Waals surface area contributed by atoms with Crippen molar-refractivity contribution in [3.05, 3.63) is 24.0 Å². The van der Waals surface area contributed by atoms with Crippen LogP contribution in [-0.4, -0.2) is 12.6 Å². The van der Waals surface area contributed by atoms with Gasteiger partial charge in [-0.25, -0.2) is 4.99 Å². The summed E-state index contributed by atoms with van der Waals surface area (Å²) in [5, 5.41) is 2.73. The molecule has 46 valence electrons. The molecule has 1 heterocycles. The summed E-state index contributed by atoms with van der Waals surface area (Å²) in [6, 6.07) is 0. The number of aldehydes is 1. The van der Waals surface area contributed by atoms with Crippen LogP contribution in [0, 0.1) is 0 Å². The van der Waals surface area contributed by atoms with Crippen LogP contribution in [0.1, 0.15) is 0 Å². The first-order valence-corrected chi connectivity index (χ1v) is 2.53. The van der Waals surface area contributed by atoms with Gasteiger partial charge in [-0.15, -0.1) is 0 Å². The van der Waals surface area contributed by atoms with Crippen molar-refractivity contribution in [1.29, 1.82) is 0 Å². The van der Waals surface area contributed by atoms with Crippen LogP contribution in [0.25, 0.3) is 0 Å². The Balaban J connectivity index is 2.78. The lowest BCUT2D eigenvalue weighted by molar-refractivity contribution is -0.104. The minimum atomic E-state index is 0.566. The Morgan fingerprint density at radius 1 is 1.67 bits per heavy atom. The SMILES string of the molecule is O=CC1=CN=CNC=C1. The lowest BCUT2D eigenvalue weighted by Crippen LogP contribution is -1.97. The highest BCUT2D eigenvalue weighted by Gasteiger charge is 1.87. The molecule has 1 rings (SSSR count). The van der Waals surface area contributed by atoms with Crippen molar-refractivity contribution in [3.8, 4) is 0 Å². The second kappa shape index (κ2) is 2.81. The van der Waals surface area contributed by atoms with Crippen LogP contribution >= 0.6 is 0 Å². The molecule has 3 nitrogen and oxygen atoms in total. The van der Waals surface area contributed by atoms with Crippen molar-refractivity contribution >= 4 is 12.6 Å². The van der Waals surface area contributed by atoms with Gasteiger partial charge in [0.2, 0.25) is 0 Å². The number of hydrogen-bond acceptors (Lipinski definition) is 3. The molecular weight excluding hydrogens is 116 g/mol. The third-order valence-corrected chi connectivity index (χ3v) is 0.881. The van der Waals surface area contributed by atoms with E-state index in [4.69, 9.17) is 0 Å². The first-order chi connectivity index (χ1) is 4.43. The molecule has 0 saturated carbocycles. The third-order valence-electron chi connectivity index (χ3n) is 0.881. The summed E-state index contributed by atoms with van der Waals surface area (Å²) < 4.78 is 0. The first kappa shape index (κ1) is 5.75. The predicted octanol–water partition coefficient (Wildman–Crippen LogP) is 0.214. The summed E-state index contributed by atoms with van der Waals surface area (Å²) >= 11 is 0. The standard InChI is InChI=1S/C6H6N2O/c9-4-6-1-2-7-5-8-3-6/h1-5H,(H,7,8). The molecule has 1 aliphatic rings. The van der Waals surface area contributed by atoms with Crippen molar-refractivity contribution in [2.45, 2.75) is 0 Å². The molecule has 0 atom stereocenters. The Labute approximate surface area is 52.8 Å². The number of rotatable bonds is 1. The zero-order valence-corrected chi connectivity index (χ0v) is 4.74. The highest BCUT2D eigenvalue weighted by atomic mass is 16.1. The fourth-order valence-electron chi connectivity index (χ4n) is 0.466. The fourth-order valence-corrected chi connectivity index (χ4v) is 0.466. The molecule has 0 aliphatic carbocycles. The normalized spacial score (nSPS) is 15.8. The predicted molar refractivity (Wildman–Crippen MR) is 34.9 cm³/mol. The lowest BCUT2D eigenvalue weighted by atomic mass is 10.3. The second-order valence-electron chi connectivity index (χ2n) is 1.53. The molecule has 0 radical (unpaired) electrons. The maximum absolute atomic E-state index is 10.1. The van der Waals surface area contributed by atoms with Gasteiger partial charge in [-0.1, -0.05) is 0 Å². The fraction of sp³-hybridized carbons (Fsp3) is 0. The summed E-state index contributed by atoms with van der Waals surface area (Å²) in [7, 11) is 0. The average molecular weight is 122 g/mol. The van der Waals surface area contributed by atoms with Gasteiger partial charge in [0.15, 0.2) is 6.29 Å². The van der Waals surface area contributed by atoms with E-state index in [1.54, 1.807) is 12.3 Å². The maximum Gasteiger partial charge on any atom is 0.151 e. The van der Waals surface area contributed by atoms with Gasteiger partial charge in [-0.2, -0.15) is 0 Å². The van der Waals surface area contributed by atoms with Crippen LogP contribution in [0.15, 0.2) is 29.0 Å². The lowest BCUT2D eigenvalue weighted by Gasteiger charge is -1.80.